The molecule has 1 amide bonds. The van der Waals surface area contributed by atoms with Gasteiger partial charge in [0.15, 0.2) is 0 Å². The molecule has 1 aliphatic heterocycles. The molecule has 1 N–H and O–H groups in total. The van der Waals surface area contributed by atoms with Gasteiger partial charge >= 0.3 is 0 Å². The van der Waals surface area contributed by atoms with E-state index in [1.165, 1.54) is 22.9 Å². The number of nitrogens with one attached hydrogen (secondary N) is 1. The lowest BCUT2D eigenvalue weighted by atomic mass is 10.0. The van der Waals surface area contributed by atoms with Gasteiger partial charge in [0.1, 0.15) is 0 Å². The molecule has 1 unspecified atom stereocenters. The Morgan fingerprint density at radius 2 is 2.13 bits per heavy atom. The van der Waals surface area contributed by atoms with E-state index in [4.69, 9.17) is 0 Å². The summed E-state index contributed by atoms with van der Waals surface area (Å²) in [6, 6.07) is 8.80. The molecule has 1 aliphatic rings. The van der Waals surface area contributed by atoms with Crippen molar-refractivity contribution in [2.75, 3.05) is 20.1 Å². The number of aromatic nitrogens is 1. The minimum Gasteiger partial charge on any atom is -0.352 e. The second-order valence-corrected chi connectivity index (χ2v) is 6.80. The Balaban J connectivity index is 1.49. The first-order chi connectivity index (χ1) is 11.1. The van der Waals surface area contributed by atoms with Crippen LogP contribution < -0.4 is 5.32 Å². The highest BCUT2D eigenvalue weighted by Gasteiger charge is 2.18. The van der Waals surface area contributed by atoms with Crippen molar-refractivity contribution in [2.24, 2.45) is 7.05 Å². The van der Waals surface area contributed by atoms with Gasteiger partial charge in [-0.05, 0) is 50.9 Å². The number of likely N-dealkylation sites (N-methyl/N-ethyl adjacent to an activating group) is 1. The van der Waals surface area contributed by atoms with Gasteiger partial charge in [-0.3, -0.25) is 4.79 Å². The summed E-state index contributed by atoms with van der Waals surface area (Å²) in [6.07, 6.45) is 6.96. The lowest BCUT2D eigenvalue weighted by Gasteiger charge is -2.30. The van der Waals surface area contributed by atoms with E-state index in [2.05, 4.69) is 59.3 Å². The number of hydrogen-bond acceptors (Lipinski definition) is 2. The Bertz CT molecular complexity index is 676. The van der Waals surface area contributed by atoms with Crippen molar-refractivity contribution in [3.63, 3.8) is 0 Å². The summed E-state index contributed by atoms with van der Waals surface area (Å²) >= 11 is 0. The van der Waals surface area contributed by atoms with Crippen LogP contribution in [-0.2, 0) is 18.3 Å². The number of aryl methyl sites for hydroxylation is 2. The van der Waals surface area contributed by atoms with E-state index >= 15 is 0 Å². The van der Waals surface area contributed by atoms with Crippen LogP contribution in [0.2, 0.25) is 0 Å². The topological polar surface area (TPSA) is 37.3 Å². The first-order valence-corrected chi connectivity index (χ1v) is 8.64. The van der Waals surface area contributed by atoms with E-state index < -0.39 is 0 Å². The second-order valence-electron chi connectivity index (χ2n) is 6.80. The highest BCUT2D eigenvalue weighted by molar-refractivity contribution is 5.84. The van der Waals surface area contributed by atoms with Crippen LogP contribution in [-0.4, -0.2) is 41.6 Å². The molecule has 1 fully saturated rings. The monoisotopic (exact) mass is 313 g/mol. The molecule has 23 heavy (non-hydrogen) atoms. The van der Waals surface area contributed by atoms with Gasteiger partial charge in [0, 0.05) is 43.2 Å². The van der Waals surface area contributed by atoms with Gasteiger partial charge in [0.25, 0.3) is 0 Å². The van der Waals surface area contributed by atoms with E-state index in [-0.39, 0.29) is 5.91 Å². The van der Waals surface area contributed by atoms with Crippen molar-refractivity contribution in [3.8, 4) is 0 Å². The summed E-state index contributed by atoms with van der Waals surface area (Å²) in [6.45, 7) is 2.13. The summed E-state index contributed by atoms with van der Waals surface area (Å²) in [5.74, 6) is 0.200. The lowest BCUT2D eigenvalue weighted by molar-refractivity contribution is -0.122. The number of amides is 1. The van der Waals surface area contributed by atoms with Crippen LogP contribution in [0, 0.1) is 0 Å². The predicted molar refractivity (Wildman–Crippen MR) is 94.5 cm³/mol. The number of fused-ring (bicyclic) bond motifs is 1. The Hall–Kier alpha value is -1.81. The SMILES string of the molecule is CN1CCCC(NC(=O)CCCc2cn(C)c3ccccc23)C1. The Morgan fingerprint density at radius 1 is 1.30 bits per heavy atom. The normalized spacial score (nSPS) is 19.1. The molecule has 0 radical (unpaired) electrons. The van der Waals surface area contributed by atoms with Crippen molar-refractivity contribution >= 4 is 16.8 Å². The van der Waals surface area contributed by atoms with Crippen molar-refractivity contribution in [1.29, 1.82) is 0 Å². The molecule has 0 saturated carbocycles. The molecule has 4 nitrogen and oxygen atoms in total. The number of carbonyl (C=O) groups excluding carboxylic acids is 1. The van der Waals surface area contributed by atoms with Crippen molar-refractivity contribution in [2.45, 2.75) is 38.1 Å². The van der Waals surface area contributed by atoms with Crippen LogP contribution in [0.1, 0.15) is 31.2 Å². The van der Waals surface area contributed by atoms with Gasteiger partial charge in [-0.15, -0.1) is 0 Å². The number of hydrogen-bond donors (Lipinski definition) is 1. The fourth-order valence-corrected chi connectivity index (χ4v) is 3.65. The van der Waals surface area contributed by atoms with Crippen LogP contribution in [0.15, 0.2) is 30.5 Å². The van der Waals surface area contributed by atoms with E-state index in [0.717, 1.165) is 32.4 Å². The minimum atomic E-state index is 0.200. The van der Waals surface area contributed by atoms with Crippen LogP contribution in [0.25, 0.3) is 10.9 Å². The maximum Gasteiger partial charge on any atom is 0.220 e. The number of rotatable bonds is 5. The Labute approximate surface area is 138 Å². The average molecular weight is 313 g/mol. The summed E-state index contributed by atoms with van der Waals surface area (Å²) in [5, 5.41) is 4.50. The van der Waals surface area contributed by atoms with Gasteiger partial charge in [-0.1, -0.05) is 18.2 Å². The zero-order chi connectivity index (χ0) is 16.2. The third-order valence-corrected chi connectivity index (χ3v) is 4.82. The standard InChI is InChI=1S/C19H27N3O/c1-21-12-6-8-16(14-21)20-19(23)11-5-7-15-13-22(2)18-10-4-3-9-17(15)18/h3-4,9-10,13,16H,5-8,11-12,14H2,1-2H3,(H,20,23). The molecule has 4 heteroatoms. The summed E-state index contributed by atoms with van der Waals surface area (Å²) < 4.78 is 2.17. The van der Waals surface area contributed by atoms with Crippen LogP contribution in [0.4, 0.5) is 0 Å². The van der Waals surface area contributed by atoms with Gasteiger partial charge in [0.2, 0.25) is 5.91 Å². The summed E-state index contributed by atoms with van der Waals surface area (Å²) in [7, 11) is 4.21. The van der Waals surface area contributed by atoms with E-state index in [1.807, 2.05) is 0 Å². The maximum atomic E-state index is 12.1. The quantitative estimate of drug-likeness (QED) is 0.921. The van der Waals surface area contributed by atoms with Crippen LogP contribution in [0.3, 0.4) is 0 Å². The molecule has 0 spiro atoms. The molecule has 3 rings (SSSR count). The maximum absolute atomic E-state index is 12.1. The smallest absolute Gasteiger partial charge is 0.220 e. The third kappa shape index (κ3) is 3.94. The van der Waals surface area contributed by atoms with Crippen LogP contribution >= 0.6 is 0 Å². The fourth-order valence-electron chi connectivity index (χ4n) is 3.65. The number of carbonyl (C=O) groups is 1. The van der Waals surface area contributed by atoms with Gasteiger partial charge < -0.3 is 14.8 Å². The molecule has 0 aliphatic carbocycles. The average Bonchev–Trinajstić information content (AvgIpc) is 2.84. The van der Waals surface area contributed by atoms with Gasteiger partial charge in [0.05, 0.1) is 0 Å². The molecule has 1 aromatic heterocycles. The highest BCUT2D eigenvalue weighted by Crippen LogP contribution is 2.21. The largest absolute Gasteiger partial charge is 0.352 e. The molecule has 1 atom stereocenters. The summed E-state index contributed by atoms with van der Waals surface area (Å²) in [4.78, 5) is 14.4. The third-order valence-electron chi connectivity index (χ3n) is 4.82. The van der Waals surface area contributed by atoms with Crippen molar-refractivity contribution in [3.05, 3.63) is 36.0 Å². The molecular weight excluding hydrogens is 286 g/mol. The zero-order valence-electron chi connectivity index (χ0n) is 14.2. The summed E-state index contributed by atoms with van der Waals surface area (Å²) in [5.41, 5.74) is 2.60. The molecular formula is C19H27N3O. The van der Waals surface area contributed by atoms with E-state index in [0.29, 0.717) is 12.5 Å². The van der Waals surface area contributed by atoms with Crippen LogP contribution in [0.5, 0.6) is 0 Å². The van der Waals surface area contributed by atoms with Gasteiger partial charge in [-0.2, -0.15) is 0 Å². The Morgan fingerprint density at radius 3 is 2.96 bits per heavy atom. The molecule has 124 valence electrons. The highest BCUT2D eigenvalue weighted by atomic mass is 16.1. The molecule has 2 aromatic rings. The van der Waals surface area contributed by atoms with Crippen molar-refractivity contribution in [1.82, 2.24) is 14.8 Å². The lowest BCUT2D eigenvalue weighted by Crippen LogP contribution is -2.46. The first-order valence-electron chi connectivity index (χ1n) is 8.64. The number of para-hydroxylation sites is 1. The number of likely N-dealkylation sites (tertiary alicyclic amines) is 1. The first kappa shape index (κ1) is 16.1. The van der Waals surface area contributed by atoms with E-state index in [9.17, 15) is 4.79 Å². The Kier molecular flexibility index (Phi) is 5.01. The van der Waals surface area contributed by atoms with Crippen molar-refractivity contribution < 1.29 is 4.79 Å². The molecule has 1 saturated heterocycles. The number of piperidine rings is 1. The fraction of sp³-hybridized carbons (Fsp3) is 0.526. The molecule has 0 bridgehead atoms. The minimum absolute atomic E-state index is 0.200. The van der Waals surface area contributed by atoms with E-state index in [1.54, 1.807) is 0 Å². The van der Waals surface area contributed by atoms with Gasteiger partial charge in [-0.25, -0.2) is 0 Å². The predicted octanol–water partition coefficient (Wildman–Crippen LogP) is 2.71. The number of benzene rings is 1. The zero-order valence-corrected chi connectivity index (χ0v) is 14.2. The molecule has 2 heterocycles. The molecule has 1 aromatic carbocycles. The second kappa shape index (κ2) is 7.18. The number of nitrogens with zero attached hydrogens (tertiary/aromatic N) is 2.